The summed E-state index contributed by atoms with van der Waals surface area (Å²) in [5.41, 5.74) is 4.10. The first-order valence-corrected chi connectivity index (χ1v) is 11.9. The van der Waals surface area contributed by atoms with Gasteiger partial charge in [-0.05, 0) is 49.9 Å². The molecule has 5 nitrogen and oxygen atoms in total. The number of aryl methyl sites for hydroxylation is 1. The molecule has 1 atom stereocenters. The van der Waals surface area contributed by atoms with Gasteiger partial charge >= 0.3 is 0 Å². The van der Waals surface area contributed by atoms with Gasteiger partial charge in [-0.3, -0.25) is 0 Å². The molecule has 168 valence electrons. The van der Waals surface area contributed by atoms with Gasteiger partial charge in [0.2, 0.25) is 5.95 Å². The summed E-state index contributed by atoms with van der Waals surface area (Å²) in [5.74, 6) is 1.59. The van der Waals surface area contributed by atoms with E-state index in [1.807, 2.05) is 42.1 Å². The average molecular weight is 450 g/mol. The number of benzene rings is 1. The maximum atomic E-state index is 6.19. The summed E-state index contributed by atoms with van der Waals surface area (Å²) < 4.78 is 2.05. The molecule has 0 aliphatic heterocycles. The molecule has 0 amide bonds. The molecule has 1 unspecified atom stereocenters. The highest BCUT2D eigenvalue weighted by molar-refractivity contribution is 6.30. The SMILES string of the molecule is C=C(NC(CC)c1cccc(Cl)c1)c1ccn(-c2nc(NC3CCCCC3)ncc2C)c1. The fourth-order valence-corrected chi connectivity index (χ4v) is 4.54. The van der Waals surface area contributed by atoms with Crippen molar-refractivity contribution in [1.29, 1.82) is 0 Å². The van der Waals surface area contributed by atoms with Gasteiger partial charge in [-0.1, -0.05) is 56.5 Å². The van der Waals surface area contributed by atoms with Crippen LogP contribution in [0.3, 0.4) is 0 Å². The molecule has 0 radical (unpaired) electrons. The predicted octanol–water partition coefficient (Wildman–Crippen LogP) is 6.69. The smallest absolute Gasteiger partial charge is 0.224 e. The monoisotopic (exact) mass is 449 g/mol. The van der Waals surface area contributed by atoms with E-state index in [-0.39, 0.29) is 6.04 Å². The van der Waals surface area contributed by atoms with Crippen molar-refractivity contribution < 1.29 is 0 Å². The molecule has 2 aromatic heterocycles. The fourth-order valence-electron chi connectivity index (χ4n) is 4.34. The Morgan fingerprint density at radius 3 is 2.81 bits per heavy atom. The van der Waals surface area contributed by atoms with Crippen molar-refractivity contribution in [2.45, 2.75) is 64.5 Å². The summed E-state index contributed by atoms with van der Waals surface area (Å²) in [7, 11) is 0. The first kappa shape index (κ1) is 22.4. The van der Waals surface area contributed by atoms with Crippen molar-refractivity contribution >= 4 is 23.2 Å². The topological polar surface area (TPSA) is 54.8 Å². The molecule has 0 bridgehead atoms. The minimum atomic E-state index is 0.150. The average Bonchev–Trinajstić information content (AvgIpc) is 3.29. The highest BCUT2D eigenvalue weighted by atomic mass is 35.5. The van der Waals surface area contributed by atoms with E-state index >= 15 is 0 Å². The molecule has 1 aliphatic carbocycles. The number of hydrogen-bond acceptors (Lipinski definition) is 4. The van der Waals surface area contributed by atoms with E-state index in [2.05, 4.69) is 47.4 Å². The zero-order chi connectivity index (χ0) is 22.5. The molecule has 1 fully saturated rings. The molecule has 1 aromatic carbocycles. The van der Waals surface area contributed by atoms with Gasteiger partial charge in [0, 0.05) is 46.5 Å². The van der Waals surface area contributed by atoms with Crippen LogP contribution in [0.2, 0.25) is 5.02 Å². The summed E-state index contributed by atoms with van der Waals surface area (Å²) in [6, 6.07) is 10.7. The number of aromatic nitrogens is 3. The quantitative estimate of drug-likeness (QED) is 0.402. The minimum Gasteiger partial charge on any atom is -0.378 e. The van der Waals surface area contributed by atoms with Crippen LogP contribution in [0.4, 0.5) is 5.95 Å². The van der Waals surface area contributed by atoms with Gasteiger partial charge < -0.3 is 15.2 Å². The van der Waals surface area contributed by atoms with Crippen molar-refractivity contribution in [2.24, 2.45) is 0 Å². The van der Waals surface area contributed by atoms with Gasteiger partial charge in [0.25, 0.3) is 0 Å². The van der Waals surface area contributed by atoms with Crippen LogP contribution in [-0.2, 0) is 0 Å². The molecule has 0 spiro atoms. The molecular weight excluding hydrogens is 418 g/mol. The van der Waals surface area contributed by atoms with Gasteiger partial charge in [0.05, 0.1) is 6.04 Å². The van der Waals surface area contributed by atoms with Crippen LogP contribution in [0, 0.1) is 6.92 Å². The maximum Gasteiger partial charge on any atom is 0.224 e. The zero-order valence-electron chi connectivity index (χ0n) is 18.9. The molecule has 6 heteroatoms. The van der Waals surface area contributed by atoms with Gasteiger partial charge in [0.1, 0.15) is 5.82 Å². The second kappa shape index (κ2) is 10.2. The number of nitrogens with one attached hydrogen (secondary N) is 2. The van der Waals surface area contributed by atoms with E-state index in [4.69, 9.17) is 16.6 Å². The van der Waals surface area contributed by atoms with Gasteiger partial charge in [-0.15, -0.1) is 0 Å². The summed E-state index contributed by atoms with van der Waals surface area (Å²) >= 11 is 6.19. The van der Waals surface area contributed by atoms with E-state index in [9.17, 15) is 0 Å². The summed E-state index contributed by atoms with van der Waals surface area (Å²) in [4.78, 5) is 9.34. The first-order chi connectivity index (χ1) is 15.5. The largest absolute Gasteiger partial charge is 0.378 e. The van der Waals surface area contributed by atoms with Crippen LogP contribution in [0.5, 0.6) is 0 Å². The number of hydrogen-bond donors (Lipinski definition) is 2. The second-order valence-electron chi connectivity index (χ2n) is 8.63. The molecular formula is C26H32ClN5. The first-order valence-electron chi connectivity index (χ1n) is 11.5. The molecule has 2 N–H and O–H groups in total. The highest BCUT2D eigenvalue weighted by Crippen LogP contribution is 2.25. The van der Waals surface area contributed by atoms with Crippen molar-refractivity contribution in [2.75, 3.05) is 5.32 Å². The lowest BCUT2D eigenvalue weighted by molar-refractivity contribution is 0.460. The second-order valence-corrected chi connectivity index (χ2v) is 9.06. The Morgan fingerprint density at radius 2 is 2.06 bits per heavy atom. The molecule has 2 heterocycles. The lowest BCUT2D eigenvalue weighted by Crippen LogP contribution is -2.23. The van der Waals surface area contributed by atoms with Crippen molar-refractivity contribution in [1.82, 2.24) is 19.9 Å². The van der Waals surface area contributed by atoms with Gasteiger partial charge in [0.15, 0.2) is 0 Å². The summed E-state index contributed by atoms with van der Waals surface area (Å²) in [6.45, 7) is 8.48. The number of nitrogens with zero attached hydrogens (tertiary/aromatic N) is 3. The molecule has 0 saturated heterocycles. The molecule has 32 heavy (non-hydrogen) atoms. The van der Waals surface area contributed by atoms with Gasteiger partial charge in [-0.25, -0.2) is 4.98 Å². The third-order valence-corrected chi connectivity index (χ3v) is 6.41. The molecule has 1 saturated carbocycles. The summed E-state index contributed by atoms with van der Waals surface area (Å²) in [6.07, 6.45) is 13.2. The fraction of sp³-hybridized carbons (Fsp3) is 0.385. The Hall–Kier alpha value is -2.79. The van der Waals surface area contributed by atoms with Crippen LogP contribution in [0.15, 0.2) is 55.5 Å². The Bertz CT molecular complexity index is 1070. The Kier molecular flexibility index (Phi) is 7.15. The number of halogens is 1. The zero-order valence-corrected chi connectivity index (χ0v) is 19.7. The van der Waals surface area contributed by atoms with Crippen molar-refractivity contribution in [3.63, 3.8) is 0 Å². The van der Waals surface area contributed by atoms with Crippen molar-refractivity contribution in [3.8, 4) is 5.82 Å². The van der Waals surface area contributed by atoms with Crippen LogP contribution < -0.4 is 10.6 Å². The Labute approximate surface area is 195 Å². The third-order valence-electron chi connectivity index (χ3n) is 6.18. The lowest BCUT2D eigenvalue weighted by Gasteiger charge is -2.23. The van der Waals surface area contributed by atoms with E-state index in [0.29, 0.717) is 12.0 Å². The maximum absolute atomic E-state index is 6.19. The van der Waals surface area contributed by atoms with Gasteiger partial charge in [-0.2, -0.15) is 4.98 Å². The van der Waals surface area contributed by atoms with E-state index < -0.39 is 0 Å². The van der Waals surface area contributed by atoms with Crippen molar-refractivity contribution in [3.05, 3.63) is 77.2 Å². The number of anilines is 1. The molecule has 1 aliphatic rings. The van der Waals surface area contributed by atoms with Crippen LogP contribution >= 0.6 is 11.6 Å². The Morgan fingerprint density at radius 1 is 1.25 bits per heavy atom. The predicted molar refractivity (Wildman–Crippen MR) is 133 cm³/mol. The Balaban J connectivity index is 1.49. The van der Waals surface area contributed by atoms with E-state index in [0.717, 1.165) is 39.6 Å². The van der Waals surface area contributed by atoms with Crippen LogP contribution in [0.1, 0.15) is 68.2 Å². The highest BCUT2D eigenvalue weighted by Gasteiger charge is 2.16. The molecule has 3 aromatic rings. The van der Waals surface area contributed by atoms with Crippen LogP contribution in [-0.4, -0.2) is 20.6 Å². The van der Waals surface area contributed by atoms with E-state index in [1.165, 1.54) is 32.1 Å². The minimum absolute atomic E-state index is 0.150. The third kappa shape index (κ3) is 5.33. The standard InChI is InChI=1S/C26H32ClN5/c1-4-24(20-9-8-10-22(27)15-20)29-19(3)21-13-14-32(17-21)25-18(2)16-28-26(31-25)30-23-11-6-5-7-12-23/h8-10,13-17,23-24,29H,3-7,11-12H2,1-2H3,(H,28,30,31). The van der Waals surface area contributed by atoms with E-state index in [1.54, 1.807) is 0 Å². The molecule has 4 rings (SSSR count). The summed E-state index contributed by atoms with van der Waals surface area (Å²) in [5, 5.41) is 7.83. The normalized spacial score (nSPS) is 15.3. The lowest BCUT2D eigenvalue weighted by atomic mass is 9.96. The van der Waals surface area contributed by atoms with Crippen LogP contribution in [0.25, 0.3) is 11.5 Å². The number of rotatable bonds is 8.